The maximum Gasteiger partial charge on any atom is 0.226 e. The summed E-state index contributed by atoms with van der Waals surface area (Å²) in [5, 5.41) is 0. The van der Waals surface area contributed by atoms with E-state index in [9.17, 15) is 4.39 Å². The first kappa shape index (κ1) is 18.6. The minimum absolute atomic E-state index is 0. The van der Waals surface area contributed by atoms with E-state index in [4.69, 9.17) is 10.7 Å². The number of nitrogens with zero attached hydrogens (tertiary/aromatic N) is 3. The van der Waals surface area contributed by atoms with Crippen LogP contribution in [-0.2, 0) is 5.41 Å². The van der Waals surface area contributed by atoms with Crippen LogP contribution < -0.4 is 10.6 Å². The van der Waals surface area contributed by atoms with Crippen molar-refractivity contribution in [3.05, 3.63) is 41.8 Å². The van der Waals surface area contributed by atoms with Gasteiger partial charge < -0.3 is 10.6 Å². The molecule has 1 aliphatic heterocycles. The van der Waals surface area contributed by atoms with Gasteiger partial charge in [0.25, 0.3) is 0 Å². The first-order valence-corrected chi connectivity index (χ1v) is 7.99. The van der Waals surface area contributed by atoms with E-state index in [-0.39, 0.29) is 29.7 Å². The highest BCUT2D eigenvalue weighted by Crippen LogP contribution is 2.29. The lowest BCUT2D eigenvalue weighted by atomic mass is 9.91. The second-order valence-corrected chi connectivity index (χ2v) is 7.16. The Morgan fingerprint density at radius 1 is 1.21 bits per heavy atom. The van der Waals surface area contributed by atoms with Gasteiger partial charge in [0.1, 0.15) is 5.82 Å². The van der Waals surface area contributed by atoms with Crippen LogP contribution >= 0.6 is 12.4 Å². The van der Waals surface area contributed by atoms with Crippen molar-refractivity contribution >= 4 is 18.4 Å². The molecule has 6 heteroatoms. The quantitative estimate of drug-likeness (QED) is 0.900. The van der Waals surface area contributed by atoms with Gasteiger partial charge in [-0.25, -0.2) is 14.4 Å². The van der Waals surface area contributed by atoms with E-state index in [1.54, 1.807) is 12.1 Å². The van der Waals surface area contributed by atoms with Crippen molar-refractivity contribution < 1.29 is 4.39 Å². The molecule has 2 heterocycles. The SMILES string of the molecule is CC(C)(C)c1cc(-c2ccccc2F)nc(N2CCC(N)C2)n1.Cl. The Kier molecular flexibility index (Phi) is 5.45. The Labute approximate surface area is 148 Å². The third-order valence-corrected chi connectivity index (χ3v) is 4.14. The van der Waals surface area contributed by atoms with E-state index < -0.39 is 0 Å². The number of rotatable bonds is 2. The molecule has 0 saturated carbocycles. The summed E-state index contributed by atoms with van der Waals surface area (Å²) in [6, 6.07) is 8.75. The van der Waals surface area contributed by atoms with Gasteiger partial charge in [0.2, 0.25) is 5.95 Å². The first-order valence-electron chi connectivity index (χ1n) is 7.99. The predicted molar refractivity (Wildman–Crippen MR) is 98.2 cm³/mol. The average molecular weight is 351 g/mol. The summed E-state index contributed by atoms with van der Waals surface area (Å²) in [5.41, 5.74) is 7.90. The molecule has 1 atom stereocenters. The molecule has 1 aromatic heterocycles. The van der Waals surface area contributed by atoms with E-state index >= 15 is 0 Å². The zero-order valence-electron chi connectivity index (χ0n) is 14.3. The van der Waals surface area contributed by atoms with Crippen LogP contribution in [0.3, 0.4) is 0 Å². The number of anilines is 1. The van der Waals surface area contributed by atoms with Crippen LogP contribution in [0.5, 0.6) is 0 Å². The molecule has 1 aromatic carbocycles. The molecule has 0 bridgehead atoms. The number of halogens is 2. The summed E-state index contributed by atoms with van der Waals surface area (Å²) < 4.78 is 14.2. The number of benzene rings is 1. The monoisotopic (exact) mass is 350 g/mol. The highest BCUT2D eigenvalue weighted by molar-refractivity contribution is 5.85. The smallest absolute Gasteiger partial charge is 0.226 e. The second kappa shape index (κ2) is 7.03. The van der Waals surface area contributed by atoms with Crippen molar-refractivity contribution in [1.29, 1.82) is 0 Å². The lowest BCUT2D eigenvalue weighted by Gasteiger charge is -2.23. The van der Waals surface area contributed by atoms with Gasteiger partial charge in [0, 0.05) is 30.1 Å². The highest BCUT2D eigenvalue weighted by atomic mass is 35.5. The predicted octanol–water partition coefficient (Wildman–Crippen LogP) is 3.54. The zero-order chi connectivity index (χ0) is 16.6. The van der Waals surface area contributed by atoms with Crippen LogP contribution in [0.2, 0.25) is 0 Å². The summed E-state index contributed by atoms with van der Waals surface area (Å²) >= 11 is 0. The average Bonchev–Trinajstić information content (AvgIpc) is 2.93. The molecule has 3 rings (SSSR count). The fraction of sp³-hybridized carbons (Fsp3) is 0.444. The Morgan fingerprint density at radius 3 is 2.50 bits per heavy atom. The van der Waals surface area contributed by atoms with Gasteiger partial charge in [-0.15, -0.1) is 12.4 Å². The Morgan fingerprint density at radius 2 is 1.92 bits per heavy atom. The first-order chi connectivity index (χ1) is 10.8. The summed E-state index contributed by atoms with van der Waals surface area (Å²) in [6.45, 7) is 7.87. The van der Waals surface area contributed by atoms with Gasteiger partial charge in [0.15, 0.2) is 0 Å². The molecule has 0 aliphatic carbocycles. The van der Waals surface area contributed by atoms with E-state index in [0.29, 0.717) is 17.2 Å². The molecular weight excluding hydrogens is 327 g/mol. The maximum atomic E-state index is 14.2. The fourth-order valence-corrected chi connectivity index (χ4v) is 2.74. The topological polar surface area (TPSA) is 55.0 Å². The zero-order valence-corrected chi connectivity index (χ0v) is 15.1. The summed E-state index contributed by atoms with van der Waals surface area (Å²) in [6.07, 6.45) is 0.929. The molecule has 2 aromatic rings. The van der Waals surface area contributed by atoms with Gasteiger partial charge in [-0.05, 0) is 24.6 Å². The lowest BCUT2D eigenvalue weighted by molar-refractivity contribution is 0.566. The van der Waals surface area contributed by atoms with E-state index in [0.717, 1.165) is 25.2 Å². The summed E-state index contributed by atoms with van der Waals surface area (Å²) in [4.78, 5) is 11.4. The molecule has 0 amide bonds. The van der Waals surface area contributed by atoms with Crippen LogP contribution in [-0.4, -0.2) is 29.1 Å². The second-order valence-electron chi connectivity index (χ2n) is 7.16. The third kappa shape index (κ3) is 3.84. The Balaban J connectivity index is 0.00000208. The molecule has 0 radical (unpaired) electrons. The molecular formula is C18H24ClFN4. The van der Waals surface area contributed by atoms with Gasteiger partial charge in [0.05, 0.1) is 11.4 Å². The van der Waals surface area contributed by atoms with Crippen molar-refractivity contribution in [3.63, 3.8) is 0 Å². The van der Waals surface area contributed by atoms with Crippen LogP contribution in [0.4, 0.5) is 10.3 Å². The normalized spacial score (nSPS) is 17.7. The minimum atomic E-state index is -0.268. The molecule has 1 aliphatic rings. The maximum absolute atomic E-state index is 14.2. The van der Waals surface area contributed by atoms with Crippen molar-refractivity contribution in [2.24, 2.45) is 5.73 Å². The van der Waals surface area contributed by atoms with Gasteiger partial charge in [-0.1, -0.05) is 32.9 Å². The number of hydrogen-bond donors (Lipinski definition) is 1. The van der Waals surface area contributed by atoms with Crippen molar-refractivity contribution in [1.82, 2.24) is 9.97 Å². The molecule has 4 nitrogen and oxygen atoms in total. The third-order valence-electron chi connectivity index (χ3n) is 4.14. The lowest BCUT2D eigenvalue weighted by Crippen LogP contribution is -2.28. The van der Waals surface area contributed by atoms with E-state index in [1.807, 2.05) is 12.1 Å². The minimum Gasteiger partial charge on any atom is -0.339 e. The van der Waals surface area contributed by atoms with Crippen molar-refractivity contribution in [3.8, 4) is 11.3 Å². The molecule has 1 unspecified atom stereocenters. The molecule has 1 fully saturated rings. The molecule has 0 spiro atoms. The summed E-state index contributed by atoms with van der Waals surface area (Å²) in [5.74, 6) is 0.374. The van der Waals surface area contributed by atoms with Gasteiger partial charge in [-0.2, -0.15) is 0 Å². The van der Waals surface area contributed by atoms with Crippen molar-refractivity contribution in [2.45, 2.75) is 38.6 Å². The van der Waals surface area contributed by atoms with E-state index in [1.165, 1.54) is 6.07 Å². The Bertz CT molecular complexity index is 714. The number of hydrogen-bond acceptors (Lipinski definition) is 4. The largest absolute Gasteiger partial charge is 0.339 e. The number of aromatic nitrogens is 2. The molecule has 24 heavy (non-hydrogen) atoms. The number of nitrogens with two attached hydrogens (primary N) is 1. The summed E-state index contributed by atoms with van der Waals surface area (Å²) in [7, 11) is 0. The highest BCUT2D eigenvalue weighted by Gasteiger charge is 2.25. The standard InChI is InChI=1S/C18H23FN4.ClH/c1-18(2,3)16-10-15(13-6-4-5-7-14(13)19)21-17(22-16)23-9-8-12(20)11-23;/h4-7,10,12H,8-9,11,20H2,1-3H3;1H. The fourth-order valence-electron chi connectivity index (χ4n) is 2.74. The Hall–Kier alpha value is -1.72. The van der Waals surface area contributed by atoms with Gasteiger partial charge >= 0.3 is 0 Å². The molecule has 2 N–H and O–H groups in total. The van der Waals surface area contributed by atoms with Crippen molar-refractivity contribution in [2.75, 3.05) is 18.0 Å². The van der Waals surface area contributed by atoms with Crippen LogP contribution in [0.15, 0.2) is 30.3 Å². The van der Waals surface area contributed by atoms with Gasteiger partial charge in [-0.3, -0.25) is 0 Å². The van der Waals surface area contributed by atoms with Crippen LogP contribution in [0.1, 0.15) is 32.9 Å². The van der Waals surface area contributed by atoms with Crippen LogP contribution in [0, 0.1) is 5.82 Å². The molecule has 130 valence electrons. The molecule has 1 saturated heterocycles. The van der Waals surface area contributed by atoms with E-state index in [2.05, 4.69) is 30.7 Å². The van der Waals surface area contributed by atoms with Crippen LogP contribution in [0.25, 0.3) is 11.3 Å².